The maximum absolute atomic E-state index is 13.5. The molecule has 0 spiro atoms. The van der Waals surface area contributed by atoms with Gasteiger partial charge in [-0.3, -0.25) is 0 Å². The smallest absolute Gasteiger partial charge is 0.182 e. The minimum Gasteiger partial charge on any atom is -0.381 e. The number of rotatable bonds is 1. The van der Waals surface area contributed by atoms with E-state index in [2.05, 4.69) is 9.97 Å². The summed E-state index contributed by atoms with van der Waals surface area (Å²) < 4.78 is 18.7. The first-order valence-corrected chi connectivity index (χ1v) is 4.90. The van der Waals surface area contributed by atoms with Gasteiger partial charge in [-0.05, 0) is 12.8 Å². The third kappa shape index (κ3) is 1.86. The maximum atomic E-state index is 13.5. The quantitative estimate of drug-likeness (QED) is 0.675. The molecule has 0 radical (unpaired) electrons. The molecule has 1 fully saturated rings. The molecule has 0 aliphatic carbocycles. The Morgan fingerprint density at radius 2 is 2.07 bits per heavy atom. The largest absolute Gasteiger partial charge is 0.381 e. The molecule has 0 saturated carbocycles. The van der Waals surface area contributed by atoms with Gasteiger partial charge in [0.05, 0.1) is 5.69 Å². The van der Waals surface area contributed by atoms with E-state index in [-0.39, 0.29) is 11.1 Å². The average Bonchev–Trinajstić information content (AvgIpc) is 2.23. The molecule has 2 heterocycles. The van der Waals surface area contributed by atoms with Crippen LogP contribution < -0.4 is 0 Å². The molecule has 2 rings (SSSR count). The summed E-state index contributed by atoms with van der Waals surface area (Å²) in [5.41, 5.74) is 0.424. The highest BCUT2D eigenvalue weighted by Crippen LogP contribution is 2.28. The summed E-state index contributed by atoms with van der Waals surface area (Å²) in [6.45, 7) is 1.32. The SMILES string of the molecule is Fc1c(Cl)ncnc1C1CCOCC1. The fourth-order valence-corrected chi connectivity index (χ4v) is 1.76. The van der Waals surface area contributed by atoms with Crippen molar-refractivity contribution in [1.82, 2.24) is 9.97 Å². The Bertz CT molecular complexity index is 329. The number of hydrogen-bond acceptors (Lipinski definition) is 3. The van der Waals surface area contributed by atoms with Crippen LogP contribution in [-0.4, -0.2) is 23.2 Å². The lowest BCUT2D eigenvalue weighted by Crippen LogP contribution is -2.16. The number of nitrogens with zero attached hydrogens (tertiary/aromatic N) is 2. The van der Waals surface area contributed by atoms with E-state index in [9.17, 15) is 4.39 Å². The van der Waals surface area contributed by atoms with E-state index >= 15 is 0 Å². The summed E-state index contributed by atoms with van der Waals surface area (Å²) in [6.07, 6.45) is 2.89. The molecule has 0 unspecified atom stereocenters. The topological polar surface area (TPSA) is 35.0 Å². The van der Waals surface area contributed by atoms with E-state index in [0.29, 0.717) is 18.9 Å². The van der Waals surface area contributed by atoms with Crippen molar-refractivity contribution in [2.45, 2.75) is 18.8 Å². The zero-order valence-electron chi connectivity index (χ0n) is 7.54. The normalized spacial score (nSPS) is 18.4. The van der Waals surface area contributed by atoms with Crippen molar-refractivity contribution in [3.63, 3.8) is 0 Å². The molecule has 1 aliphatic rings. The lowest BCUT2D eigenvalue weighted by molar-refractivity contribution is 0.0836. The number of hydrogen-bond donors (Lipinski definition) is 0. The van der Waals surface area contributed by atoms with Gasteiger partial charge in [0.25, 0.3) is 0 Å². The Morgan fingerprint density at radius 3 is 2.79 bits per heavy atom. The van der Waals surface area contributed by atoms with Crippen LogP contribution in [0.2, 0.25) is 5.15 Å². The van der Waals surface area contributed by atoms with Crippen molar-refractivity contribution in [1.29, 1.82) is 0 Å². The van der Waals surface area contributed by atoms with Gasteiger partial charge < -0.3 is 4.74 Å². The van der Waals surface area contributed by atoms with Crippen molar-refractivity contribution in [2.24, 2.45) is 0 Å². The summed E-state index contributed by atoms with van der Waals surface area (Å²) in [5.74, 6) is -0.370. The second-order valence-electron chi connectivity index (χ2n) is 3.25. The van der Waals surface area contributed by atoms with Crippen LogP contribution in [0.1, 0.15) is 24.5 Å². The third-order valence-corrected chi connectivity index (χ3v) is 2.65. The van der Waals surface area contributed by atoms with Crippen molar-refractivity contribution in [2.75, 3.05) is 13.2 Å². The fourth-order valence-electron chi connectivity index (χ4n) is 1.62. The molecule has 3 nitrogen and oxygen atoms in total. The van der Waals surface area contributed by atoms with Crippen LogP contribution in [0, 0.1) is 5.82 Å². The number of aromatic nitrogens is 2. The Morgan fingerprint density at radius 1 is 1.36 bits per heavy atom. The van der Waals surface area contributed by atoms with Crippen molar-refractivity contribution in [3.8, 4) is 0 Å². The van der Waals surface area contributed by atoms with Crippen LogP contribution in [-0.2, 0) is 4.74 Å². The van der Waals surface area contributed by atoms with Crippen LogP contribution in [0.4, 0.5) is 4.39 Å². The summed E-state index contributed by atoms with van der Waals surface area (Å²) in [4.78, 5) is 7.52. The molecular formula is C9H10ClFN2O. The lowest BCUT2D eigenvalue weighted by atomic mass is 9.96. The molecule has 76 valence electrons. The zero-order valence-corrected chi connectivity index (χ0v) is 8.30. The summed E-state index contributed by atoms with van der Waals surface area (Å²) in [6, 6.07) is 0. The van der Waals surface area contributed by atoms with Gasteiger partial charge in [0.2, 0.25) is 0 Å². The second kappa shape index (κ2) is 4.19. The van der Waals surface area contributed by atoms with Gasteiger partial charge in [-0.1, -0.05) is 11.6 Å². The Labute approximate surface area is 86.3 Å². The summed E-state index contributed by atoms with van der Waals surface area (Å²) in [5, 5.41) is -0.0958. The van der Waals surface area contributed by atoms with Crippen LogP contribution in [0.5, 0.6) is 0 Å². The van der Waals surface area contributed by atoms with Crippen LogP contribution >= 0.6 is 11.6 Å². The molecule has 0 N–H and O–H groups in total. The van der Waals surface area contributed by atoms with Gasteiger partial charge in [-0.25, -0.2) is 14.4 Å². The number of halogens is 2. The Hall–Kier alpha value is -0.740. The van der Waals surface area contributed by atoms with Gasteiger partial charge in [0, 0.05) is 19.1 Å². The molecular weight excluding hydrogens is 207 g/mol. The predicted molar refractivity (Wildman–Crippen MR) is 49.8 cm³/mol. The summed E-state index contributed by atoms with van der Waals surface area (Å²) in [7, 11) is 0. The van der Waals surface area contributed by atoms with Gasteiger partial charge in [0.1, 0.15) is 6.33 Å². The average molecular weight is 217 g/mol. The van der Waals surface area contributed by atoms with Crippen LogP contribution in [0.25, 0.3) is 0 Å². The highest BCUT2D eigenvalue weighted by Gasteiger charge is 2.22. The summed E-state index contributed by atoms with van der Waals surface area (Å²) >= 11 is 5.58. The number of ether oxygens (including phenoxy) is 1. The molecule has 14 heavy (non-hydrogen) atoms. The van der Waals surface area contributed by atoms with Gasteiger partial charge in [-0.15, -0.1) is 0 Å². The molecule has 1 saturated heterocycles. The molecule has 0 aromatic carbocycles. The molecule has 0 bridgehead atoms. The van der Waals surface area contributed by atoms with Crippen molar-refractivity contribution in [3.05, 3.63) is 23.0 Å². The third-order valence-electron chi connectivity index (χ3n) is 2.38. The van der Waals surface area contributed by atoms with E-state index in [1.807, 2.05) is 0 Å². The predicted octanol–water partition coefficient (Wildman–Crippen LogP) is 2.16. The zero-order chi connectivity index (χ0) is 9.97. The van der Waals surface area contributed by atoms with E-state index in [1.54, 1.807) is 0 Å². The molecule has 1 aliphatic heterocycles. The highest BCUT2D eigenvalue weighted by atomic mass is 35.5. The standard InChI is InChI=1S/C9H10ClFN2O/c10-9-7(11)8(12-5-13-9)6-1-3-14-4-2-6/h5-6H,1-4H2. The minimum absolute atomic E-state index is 0.0958. The van der Waals surface area contributed by atoms with E-state index in [1.165, 1.54) is 6.33 Å². The first-order valence-electron chi connectivity index (χ1n) is 4.52. The molecule has 1 aromatic rings. The van der Waals surface area contributed by atoms with Crippen molar-refractivity contribution >= 4 is 11.6 Å². The van der Waals surface area contributed by atoms with E-state index < -0.39 is 5.82 Å². The molecule has 1 aromatic heterocycles. The first kappa shape index (κ1) is 9.80. The first-order chi connectivity index (χ1) is 6.79. The van der Waals surface area contributed by atoms with Crippen LogP contribution in [0.3, 0.4) is 0 Å². The van der Waals surface area contributed by atoms with E-state index in [0.717, 1.165) is 12.8 Å². The molecule has 0 atom stereocenters. The monoisotopic (exact) mass is 216 g/mol. The fraction of sp³-hybridized carbons (Fsp3) is 0.556. The van der Waals surface area contributed by atoms with E-state index in [4.69, 9.17) is 16.3 Å². The van der Waals surface area contributed by atoms with Gasteiger partial charge in [0.15, 0.2) is 11.0 Å². The van der Waals surface area contributed by atoms with Gasteiger partial charge in [-0.2, -0.15) is 0 Å². The Balaban J connectivity index is 2.26. The van der Waals surface area contributed by atoms with Gasteiger partial charge >= 0.3 is 0 Å². The van der Waals surface area contributed by atoms with Crippen LogP contribution in [0.15, 0.2) is 6.33 Å². The minimum atomic E-state index is -0.485. The molecule has 0 amide bonds. The van der Waals surface area contributed by atoms with Crippen molar-refractivity contribution < 1.29 is 9.13 Å². The second-order valence-corrected chi connectivity index (χ2v) is 3.61. The highest BCUT2D eigenvalue weighted by molar-refractivity contribution is 6.29. The lowest BCUT2D eigenvalue weighted by Gasteiger charge is -2.21. The molecule has 5 heteroatoms. The maximum Gasteiger partial charge on any atom is 0.182 e. The Kier molecular flexibility index (Phi) is 2.93.